The molecule has 1 aliphatic rings. The van der Waals surface area contributed by atoms with Crippen LogP contribution in [0.25, 0.3) is 10.9 Å². The molecule has 3 heterocycles. The third kappa shape index (κ3) is 2.90. The minimum absolute atomic E-state index is 0.0781. The number of amides is 1. The summed E-state index contributed by atoms with van der Waals surface area (Å²) >= 11 is 0. The Morgan fingerprint density at radius 2 is 2.00 bits per heavy atom. The van der Waals surface area contributed by atoms with Crippen LogP contribution in [0.2, 0.25) is 0 Å². The molecule has 1 saturated heterocycles. The van der Waals surface area contributed by atoms with Gasteiger partial charge in [-0.2, -0.15) is 0 Å². The van der Waals surface area contributed by atoms with E-state index in [0.29, 0.717) is 0 Å². The molecule has 4 rings (SSSR count). The number of hydrogen-bond acceptors (Lipinski definition) is 4. The van der Waals surface area contributed by atoms with Crippen molar-refractivity contribution in [1.82, 2.24) is 14.9 Å². The molecule has 1 aliphatic heterocycles. The molecule has 1 aromatic carbocycles. The van der Waals surface area contributed by atoms with Gasteiger partial charge in [0, 0.05) is 44.0 Å². The maximum absolute atomic E-state index is 13.3. The molecule has 132 valence electrons. The highest BCUT2D eigenvalue weighted by molar-refractivity contribution is 6.06. The molecule has 1 unspecified atom stereocenters. The predicted molar refractivity (Wildman–Crippen MR) is 103 cm³/mol. The number of anilines is 1. The van der Waals surface area contributed by atoms with E-state index in [1.165, 1.54) is 0 Å². The maximum Gasteiger partial charge on any atom is 0.255 e. The van der Waals surface area contributed by atoms with Crippen LogP contribution in [-0.4, -0.2) is 41.4 Å². The highest BCUT2D eigenvalue weighted by atomic mass is 16.2. The third-order valence-corrected chi connectivity index (χ3v) is 5.00. The number of rotatable bonds is 3. The Hall–Kier alpha value is -2.95. The minimum atomic E-state index is 0.0781. The fourth-order valence-electron chi connectivity index (χ4n) is 3.69. The Labute approximate surface area is 153 Å². The number of carbonyl (C=O) groups excluding carboxylic acids is 1. The summed E-state index contributed by atoms with van der Waals surface area (Å²) in [6.45, 7) is 0.778. The van der Waals surface area contributed by atoms with E-state index >= 15 is 0 Å². The highest BCUT2D eigenvalue weighted by Crippen LogP contribution is 2.34. The van der Waals surface area contributed by atoms with Gasteiger partial charge in [0.05, 0.1) is 11.6 Å². The van der Waals surface area contributed by atoms with E-state index in [0.717, 1.165) is 47.2 Å². The fraction of sp³-hybridized carbons (Fsp3) is 0.286. The molecule has 2 aromatic heterocycles. The van der Waals surface area contributed by atoms with Gasteiger partial charge in [-0.25, -0.2) is 4.98 Å². The van der Waals surface area contributed by atoms with Crippen LogP contribution in [0.15, 0.2) is 54.9 Å². The summed E-state index contributed by atoms with van der Waals surface area (Å²) in [5, 5.41) is 0.911. The Bertz CT molecular complexity index is 948. The van der Waals surface area contributed by atoms with Crippen molar-refractivity contribution in [3.05, 3.63) is 66.0 Å². The topological polar surface area (TPSA) is 49.3 Å². The van der Waals surface area contributed by atoms with E-state index in [-0.39, 0.29) is 11.9 Å². The van der Waals surface area contributed by atoms with Gasteiger partial charge in [0.15, 0.2) is 0 Å². The molecule has 0 radical (unpaired) electrons. The molecule has 0 aliphatic carbocycles. The molecule has 0 saturated carbocycles. The fourth-order valence-corrected chi connectivity index (χ4v) is 3.69. The molecule has 0 spiro atoms. The first kappa shape index (κ1) is 16.5. The maximum atomic E-state index is 13.3. The second kappa shape index (κ2) is 6.75. The first-order chi connectivity index (χ1) is 12.6. The molecule has 1 amide bonds. The molecule has 0 N–H and O–H groups in total. The summed E-state index contributed by atoms with van der Waals surface area (Å²) in [5.41, 5.74) is 2.73. The van der Waals surface area contributed by atoms with Crippen LogP contribution in [0.1, 0.15) is 34.8 Å². The lowest BCUT2D eigenvalue weighted by Crippen LogP contribution is -2.30. The molecular weight excluding hydrogens is 324 g/mol. The van der Waals surface area contributed by atoms with Crippen molar-refractivity contribution in [3.8, 4) is 0 Å². The molecular formula is C21H22N4O. The van der Waals surface area contributed by atoms with E-state index in [4.69, 9.17) is 0 Å². The molecule has 26 heavy (non-hydrogen) atoms. The van der Waals surface area contributed by atoms with Gasteiger partial charge < -0.3 is 9.80 Å². The van der Waals surface area contributed by atoms with Crippen LogP contribution in [-0.2, 0) is 0 Å². The predicted octanol–water partition coefficient (Wildman–Crippen LogP) is 3.67. The van der Waals surface area contributed by atoms with Gasteiger partial charge in [0.2, 0.25) is 0 Å². The molecule has 5 nitrogen and oxygen atoms in total. The van der Waals surface area contributed by atoms with Crippen LogP contribution >= 0.6 is 0 Å². The lowest BCUT2D eigenvalue weighted by atomic mass is 10.0. The van der Waals surface area contributed by atoms with Gasteiger partial charge in [-0.05, 0) is 48.7 Å². The van der Waals surface area contributed by atoms with E-state index in [1.807, 2.05) is 66.5 Å². The van der Waals surface area contributed by atoms with Crippen LogP contribution in [0, 0.1) is 0 Å². The summed E-state index contributed by atoms with van der Waals surface area (Å²) in [5.74, 6) is 0.991. The minimum Gasteiger partial charge on any atom is -0.363 e. The highest BCUT2D eigenvalue weighted by Gasteiger charge is 2.31. The molecule has 1 atom stereocenters. The van der Waals surface area contributed by atoms with Gasteiger partial charge in [-0.3, -0.25) is 9.78 Å². The number of carbonyl (C=O) groups is 1. The van der Waals surface area contributed by atoms with Gasteiger partial charge in [-0.1, -0.05) is 12.1 Å². The zero-order chi connectivity index (χ0) is 18.1. The quantitative estimate of drug-likeness (QED) is 0.726. The Morgan fingerprint density at radius 1 is 1.12 bits per heavy atom. The van der Waals surface area contributed by atoms with Crippen molar-refractivity contribution in [2.24, 2.45) is 0 Å². The zero-order valence-corrected chi connectivity index (χ0v) is 15.1. The molecule has 3 aromatic rings. The average Bonchev–Trinajstić information content (AvgIpc) is 3.17. The second-order valence-electron chi connectivity index (χ2n) is 6.87. The summed E-state index contributed by atoms with van der Waals surface area (Å²) < 4.78 is 0. The molecule has 0 bridgehead atoms. The zero-order valence-electron chi connectivity index (χ0n) is 15.1. The van der Waals surface area contributed by atoms with E-state index in [1.54, 1.807) is 6.20 Å². The number of pyridine rings is 2. The molecule has 5 heteroatoms. The van der Waals surface area contributed by atoms with Crippen molar-refractivity contribution in [3.63, 3.8) is 0 Å². The normalized spacial score (nSPS) is 16.8. The average molecular weight is 346 g/mol. The summed E-state index contributed by atoms with van der Waals surface area (Å²) in [6.07, 6.45) is 5.58. The van der Waals surface area contributed by atoms with Gasteiger partial charge in [0.1, 0.15) is 5.82 Å². The van der Waals surface area contributed by atoms with Crippen molar-refractivity contribution < 1.29 is 4.79 Å². The number of fused-ring (bicyclic) bond motifs is 1. The van der Waals surface area contributed by atoms with Crippen LogP contribution in [0.3, 0.4) is 0 Å². The SMILES string of the molecule is CN(C)c1cc(C2CCCN2C(=O)c2cccc3ncccc23)ccn1. The number of benzene rings is 1. The van der Waals surface area contributed by atoms with Gasteiger partial charge >= 0.3 is 0 Å². The lowest BCUT2D eigenvalue weighted by Gasteiger charge is -2.26. The molecule has 1 fully saturated rings. The van der Waals surface area contributed by atoms with Crippen molar-refractivity contribution in [2.75, 3.05) is 25.5 Å². The van der Waals surface area contributed by atoms with Gasteiger partial charge in [0.25, 0.3) is 5.91 Å². The third-order valence-electron chi connectivity index (χ3n) is 5.00. The van der Waals surface area contributed by atoms with E-state index in [9.17, 15) is 4.79 Å². The van der Waals surface area contributed by atoms with Crippen molar-refractivity contribution in [1.29, 1.82) is 0 Å². The van der Waals surface area contributed by atoms with Crippen molar-refractivity contribution in [2.45, 2.75) is 18.9 Å². The van der Waals surface area contributed by atoms with Gasteiger partial charge in [-0.15, -0.1) is 0 Å². The van der Waals surface area contributed by atoms with Crippen molar-refractivity contribution >= 4 is 22.6 Å². The summed E-state index contributed by atoms with van der Waals surface area (Å²) in [4.78, 5) is 26.1. The summed E-state index contributed by atoms with van der Waals surface area (Å²) in [6, 6.07) is 13.8. The number of hydrogen-bond donors (Lipinski definition) is 0. The largest absolute Gasteiger partial charge is 0.363 e. The van der Waals surface area contributed by atoms with Crippen LogP contribution in [0.4, 0.5) is 5.82 Å². The number of nitrogens with zero attached hydrogens (tertiary/aromatic N) is 4. The second-order valence-corrected chi connectivity index (χ2v) is 6.87. The van der Waals surface area contributed by atoms with Crippen LogP contribution in [0.5, 0.6) is 0 Å². The van der Waals surface area contributed by atoms with E-state index in [2.05, 4.69) is 16.0 Å². The number of aromatic nitrogens is 2. The lowest BCUT2D eigenvalue weighted by molar-refractivity contribution is 0.0737. The Kier molecular flexibility index (Phi) is 4.29. The van der Waals surface area contributed by atoms with Crippen LogP contribution < -0.4 is 4.90 Å². The van der Waals surface area contributed by atoms with E-state index < -0.39 is 0 Å². The summed E-state index contributed by atoms with van der Waals surface area (Å²) in [7, 11) is 3.96. The smallest absolute Gasteiger partial charge is 0.255 e. The Morgan fingerprint density at radius 3 is 2.85 bits per heavy atom. The standard InChI is InChI=1S/C21H22N4O/c1-24(2)20-14-15(10-12-23-20)19-9-5-13-25(19)21(26)17-6-3-8-18-16(17)7-4-11-22-18/h3-4,6-8,10-12,14,19H,5,9,13H2,1-2H3. The first-order valence-electron chi connectivity index (χ1n) is 8.93. The Balaban J connectivity index is 1.70. The number of likely N-dealkylation sites (tertiary alicyclic amines) is 1. The monoisotopic (exact) mass is 346 g/mol. The first-order valence-corrected chi connectivity index (χ1v) is 8.93.